The number of nitro benzene ring substituents is 1. The highest BCUT2D eigenvalue weighted by Crippen LogP contribution is 2.35. The molecule has 1 N–H and O–H groups in total. The third kappa shape index (κ3) is 2.10. The Hall–Kier alpha value is -3.15. The Balaban J connectivity index is 2.32. The summed E-state index contributed by atoms with van der Waals surface area (Å²) in [6.07, 6.45) is 0.699. The molecule has 0 saturated heterocycles. The summed E-state index contributed by atoms with van der Waals surface area (Å²) < 4.78 is 5.16. The predicted molar refractivity (Wildman–Crippen MR) is 82.3 cm³/mol. The molecule has 0 aliphatic carbocycles. The molecule has 0 aliphatic heterocycles. The number of aromatic nitrogens is 1. The van der Waals surface area contributed by atoms with Crippen molar-refractivity contribution >= 4 is 22.9 Å². The van der Waals surface area contributed by atoms with Crippen LogP contribution in [-0.4, -0.2) is 23.3 Å². The van der Waals surface area contributed by atoms with Crippen LogP contribution in [0.1, 0.15) is 10.4 Å². The van der Waals surface area contributed by atoms with Gasteiger partial charge in [-0.1, -0.05) is 12.1 Å². The second kappa shape index (κ2) is 5.33. The number of H-pyrrole nitrogens is 1. The number of rotatable bonds is 4. The van der Waals surface area contributed by atoms with E-state index in [-0.39, 0.29) is 5.69 Å². The van der Waals surface area contributed by atoms with Gasteiger partial charge in [-0.15, -0.1) is 0 Å². The molecule has 0 unspecified atom stereocenters. The van der Waals surface area contributed by atoms with Gasteiger partial charge >= 0.3 is 0 Å². The van der Waals surface area contributed by atoms with Crippen LogP contribution in [0.4, 0.5) is 5.69 Å². The lowest BCUT2D eigenvalue weighted by Gasteiger charge is -2.01. The fraction of sp³-hybridized carbons (Fsp3) is 0.0625. The van der Waals surface area contributed by atoms with Gasteiger partial charge in [-0.25, -0.2) is 0 Å². The largest absolute Gasteiger partial charge is 0.497 e. The smallest absolute Gasteiger partial charge is 0.278 e. The summed E-state index contributed by atoms with van der Waals surface area (Å²) in [6, 6.07) is 11.6. The highest BCUT2D eigenvalue weighted by atomic mass is 16.6. The van der Waals surface area contributed by atoms with E-state index in [1.807, 2.05) is 0 Å². The maximum atomic E-state index is 11.5. The Bertz CT molecular complexity index is 883. The van der Waals surface area contributed by atoms with Gasteiger partial charge in [0.2, 0.25) is 0 Å². The zero-order chi connectivity index (χ0) is 15.7. The van der Waals surface area contributed by atoms with Crippen LogP contribution in [0.25, 0.3) is 22.2 Å². The van der Waals surface area contributed by atoms with E-state index >= 15 is 0 Å². The third-order valence-electron chi connectivity index (χ3n) is 3.53. The van der Waals surface area contributed by atoms with Gasteiger partial charge in [0, 0.05) is 22.5 Å². The molecular formula is C16H12N2O4. The van der Waals surface area contributed by atoms with Crippen LogP contribution in [0.15, 0.2) is 42.5 Å². The molecule has 3 aromatic rings. The SMILES string of the molecule is COc1ccc2[nH]c(-c3ccccc3[N+](=O)[O-])c(C=O)c2c1. The van der Waals surface area contributed by atoms with Gasteiger partial charge in [-0.2, -0.15) is 0 Å². The van der Waals surface area contributed by atoms with Crippen LogP contribution in [0.3, 0.4) is 0 Å². The summed E-state index contributed by atoms with van der Waals surface area (Å²) in [7, 11) is 1.54. The minimum Gasteiger partial charge on any atom is -0.497 e. The second-order valence-electron chi connectivity index (χ2n) is 4.72. The molecule has 22 heavy (non-hydrogen) atoms. The summed E-state index contributed by atoms with van der Waals surface area (Å²) in [5, 5.41) is 11.9. The van der Waals surface area contributed by atoms with Crippen molar-refractivity contribution in [3.8, 4) is 17.0 Å². The number of methoxy groups -OCH3 is 1. The Morgan fingerprint density at radius 2 is 2.00 bits per heavy atom. The van der Waals surface area contributed by atoms with Crippen LogP contribution in [0.5, 0.6) is 5.75 Å². The monoisotopic (exact) mass is 296 g/mol. The number of nitro groups is 1. The van der Waals surface area contributed by atoms with Gasteiger partial charge in [-0.3, -0.25) is 14.9 Å². The predicted octanol–water partition coefficient (Wildman–Crippen LogP) is 3.56. The number of benzene rings is 2. The summed E-state index contributed by atoms with van der Waals surface area (Å²) in [5.74, 6) is 0.615. The summed E-state index contributed by atoms with van der Waals surface area (Å²) >= 11 is 0. The molecule has 0 bridgehead atoms. The van der Waals surface area contributed by atoms with E-state index in [0.29, 0.717) is 34.2 Å². The average molecular weight is 296 g/mol. The van der Waals surface area contributed by atoms with E-state index in [1.54, 1.807) is 36.4 Å². The second-order valence-corrected chi connectivity index (χ2v) is 4.72. The molecular weight excluding hydrogens is 284 g/mol. The molecule has 0 radical (unpaired) electrons. The number of nitrogens with zero attached hydrogens (tertiary/aromatic N) is 1. The van der Waals surface area contributed by atoms with Crippen molar-refractivity contribution in [3.05, 3.63) is 58.1 Å². The van der Waals surface area contributed by atoms with Crippen LogP contribution in [0, 0.1) is 10.1 Å². The molecule has 110 valence electrons. The number of aromatic amines is 1. The fourth-order valence-electron chi connectivity index (χ4n) is 2.50. The highest BCUT2D eigenvalue weighted by Gasteiger charge is 2.20. The molecule has 0 spiro atoms. The minimum absolute atomic E-state index is 0.0517. The van der Waals surface area contributed by atoms with Gasteiger partial charge < -0.3 is 9.72 Å². The van der Waals surface area contributed by atoms with E-state index in [4.69, 9.17) is 4.74 Å². The molecule has 0 fully saturated rings. The van der Waals surface area contributed by atoms with E-state index < -0.39 is 4.92 Å². The van der Waals surface area contributed by atoms with Gasteiger partial charge in [0.1, 0.15) is 5.75 Å². The first-order valence-electron chi connectivity index (χ1n) is 6.54. The Kier molecular flexibility index (Phi) is 3.34. The fourth-order valence-corrected chi connectivity index (χ4v) is 2.50. The average Bonchev–Trinajstić information content (AvgIpc) is 2.92. The van der Waals surface area contributed by atoms with E-state index in [0.717, 1.165) is 5.52 Å². The lowest BCUT2D eigenvalue weighted by molar-refractivity contribution is -0.384. The number of carbonyl (C=O) groups excluding carboxylic acids is 1. The summed E-state index contributed by atoms with van der Waals surface area (Å²) in [6.45, 7) is 0. The first-order chi connectivity index (χ1) is 10.7. The molecule has 0 aliphatic rings. The number of fused-ring (bicyclic) bond motifs is 1. The number of hydrogen-bond donors (Lipinski definition) is 1. The maximum Gasteiger partial charge on any atom is 0.278 e. The van der Waals surface area contributed by atoms with E-state index in [2.05, 4.69) is 4.98 Å². The molecule has 6 heteroatoms. The van der Waals surface area contributed by atoms with Crippen molar-refractivity contribution in [1.29, 1.82) is 0 Å². The highest BCUT2D eigenvalue weighted by molar-refractivity contribution is 6.05. The van der Waals surface area contributed by atoms with Crippen molar-refractivity contribution in [1.82, 2.24) is 4.98 Å². The van der Waals surface area contributed by atoms with Crippen LogP contribution >= 0.6 is 0 Å². The molecule has 1 aromatic heterocycles. The number of aldehydes is 1. The Labute approximate surface area is 125 Å². The van der Waals surface area contributed by atoms with E-state index in [9.17, 15) is 14.9 Å². The maximum absolute atomic E-state index is 11.5. The lowest BCUT2D eigenvalue weighted by Crippen LogP contribution is -1.93. The number of hydrogen-bond acceptors (Lipinski definition) is 4. The van der Waals surface area contributed by atoms with E-state index in [1.165, 1.54) is 13.2 Å². The third-order valence-corrected chi connectivity index (χ3v) is 3.53. The summed E-state index contributed by atoms with van der Waals surface area (Å²) in [5.41, 5.74) is 1.86. The number of para-hydroxylation sites is 1. The van der Waals surface area contributed by atoms with Crippen molar-refractivity contribution < 1.29 is 14.5 Å². The molecule has 1 heterocycles. The quantitative estimate of drug-likeness (QED) is 0.453. The van der Waals surface area contributed by atoms with Gasteiger partial charge in [0.25, 0.3) is 5.69 Å². The molecule has 3 rings (SSSR count). The van der Waals surface area contributed by atoms with Gasteiger partial charge in [0.05, 0.1) is 23.3 Å². The van der Waals surface area contributed by atoms with Crippen molar-refractivity contribution in [2.24, 2.45) is 0 Å². The van der Waals surface area contributed by atoms with Gasteiger partial charge in [-0.05, 0) is 24.3 Å². The number of ether oxygens (including phenoxy) is 1. The first kappa shape index (κ1) is 13.8. The minimum atomic E-state index is -0.462. The van der Waals surface area contributed by atoms with Crippen molar-refractivity contribution in [2.45, 2.75) is 0 Å². The normalized spacial score (nSPS) is 10.6. The molecule has 6 nitrogen and oxygen atoms in total. The zero-order valence-electron chi connectivity index (χ0n) is 11.7. The Morgan fingerprint density at radius 3 is 2.68 bits per heavy atom. The zero-order valence-corrected chi connectivity index (χ0v) is 11.7. The van der Waals surface area contributed by atoms with Gasteiger partial charge in [0.15, 0.2) is 6.29 Å². The number of carbonyl (C=O) groups is 1. The van der Waals surface area contributed by atoms with Crippen LogP contribution in [0.2, 0.25) is 0 Å². The van der Waals surface area contributed by atoms with Crippen LogP contribution < -0.4 is 4.74 Å². The van der Waals surface area contributed by atoms with Crippen LogP contribution in [-0.2, 0) is 0 Å². The standard InChI is InChI=1S/C16H12N2O4/c1-22-10-6-7-14-12(8-10)13(9-19)16(17-14)11-4-2-3-5-15(11)18(20)21/h2-9,17H,1H3. The van der Waals surface area contributed by atoms with Crippen molar-refractivity contribution in [2.75, 3.05) is 7.11 Å². The molecule has 0 atom stereocenters. The van der Waals surface area contributed by atoms with Crippen molar-refractivity contribution in [3.63, 3.8) is 0 Å². The molecule has 2 aromatic carbocycles. The number of nitrogens with one attached hydrogen (secondary N) is 1. The lowest BCUT2D eigenvalue weighted by atomic mass is 10.0. The molecule has 0 saturated carbocycles. The Morgan fingerprint density at radius 1 is 1.23 bits per heavy atom. The topological polar surface area (TPSA) is 85.2 Å². The summed E-state index contributed by atoms with van der Waals surface area (Å²) in [4.78, 5) is 25.3. The molecule has 0 amide bonds. The first-order valence-corrected chi connectivity index (χ1v) is 6.54.